The minimum atomic E-state index is -0.136. The number of aliphatic imine (C=N–C) groups is 1. The molecule has 0 bridgehead atoms. The van der Waals surface area contributed by atoms with E-state index >= 15 is 0 Å². The third kappa shape index (κ3) is 3.89. The predicted octanol–water partition coefficient (Wildman–Crippen LogP) is 4.96. The molecule has 4 nitrogen and oxygen atoms in total. The van der Waals surface area contributed by atoms with Crippen molar-refractivity contribution >= 4 is 29.6 Å². The summed E-state index contributed by atoms with van der Waals surface area (Å²) < 4.78 is 1.80. The topological polar surface area (TPSA) is 46.4 Å². The van der Waals surface area contributed by atoms with Crippen molar-refractivity contribution in [1.82, 2.24) is 4.68 Å². The molecule has 0 radical (unpaired) electrons. The maximum Gasteiger partial charge on any atom is 0.270 e. The smallest absolute Gasteiger partial charge is 0.267 e. The molecule has 3 aromatic rings. The van der Waals surface area contributed by atoms with Gasteiger partial charge in [-0.1, -0.05) is 30.3 Å². The Morgan fingerprint density at radius 1 is 1.08 bits per heavy atom. The van der Waals surface area contributed by atoms with Gasteiger partial charge in [0.05, 0.1) is 5.69 Å². The Balaban J connectivity index is 1.84. The average molecular weight is 363 g/mol. The van der Waals surface area contributed by atoms with Crippen molar-refractivity contribution < 1.29 is 4.79 Å². The van der Waals surface area contributed by atoms with Crippen LogP contribution in [0.25, 0.3) is 0 Å². The van der Waals surface area contributed by atoms with Gasteiger partial charge in [-0.05, 0) is 50.4 Å². The normalized spacial score (nSPS) is 11.0. The zero-order valence-electron chi connectivity index (χ0n) is 15.1. The molecule has 1 amide bonds. The Morgan fingerprint density at radius 3 is 2.50 bits per heavy atom. The zero-order valence-corrected chi connectivity index (χ0v) is 15.9. The molecule has 1 aromatic heterocycles. The van der Waals surface area contributed by atoms with Gasteiger partial charge in [-0.15, -0.1) is 11.8 Å². The molecule has 0 spiro atoms. The number of hydrogen-bond acceptors (Lipinski definition) is 3. The number of aromatic nitrogens is 1. The van der Waals surface area contributed by atoms with Crippen LogP contribution in [0.1, 0.15) is 27.3 Å². The molecule has 3 rings (SSSR count). The van der Waals surface area contributed by atoms with E-state index in [-0.39, 0.29) is 5.91 Å². The number of hydrogen-bond donors (Lipinski definition) is 1. The summed E-state index contributed by atoms with van der Waals surface area (Å²) in [5, 5.41) is 0. The number of nitrogens with one attached hydrogen (secondary N) is 1. The molecule has 0 saturated heterocycles. The number of thioether (sulfide) groups is 1. The lowest BCUT2D eigenvalue weighted by Crippen LogP contribution is -2.24. The summed E-state index contributed by atoms with van der Waals surface area (Å²) in [5.41, 5.74) is 7.39. The Hall–Kier alpha value is -2.79. The van der Waals surface area contributed by atoms with Crippen molar-refractivity contribution in [1.29, 1.82) is 0 Å². The standard InChI is InChI=1S/C21H21N3OS/c1-15-13-18(14-22-19-11-7-8-12-20(19)26-3)16(2)24(15)23-21(25)17-9-5-4-6-10-17/h4-14H,1-3H3,(H,23,25). The van der Waals surface area contributed by atoms with Gasteiger partial charge < -0.3 is 0 Å². The number of benzene rings is 2. The largest absolute Gasteiger partial charge is 0.270 e. The predicted molar refractivity (Wildman–Crippen MR) is 110 cm³/mol. The summed E-state index contributed by atoms with van der Waals surface area (Å²) in [6.45, 7) is 3.94. The SMILES string of the molecule is CSc1ccccc1N=Cc1cc(C)n(NC(=O)c2ccccc2)c1C. The highest BCUT2D eigenvalue weighted by Gasteiger charge is 2.11. The fraction of sp³-hybridized carbons (Fsp3) is 0.143. The summed E-state index contributed by atoms with van der Waals surface area (Å²) in [6.07, 6.45) is 3.89. The lowest BCUT2D eigenvalue weighted by Gasteiger charge is -2.11. The summed E-state index contributed by atoms with van der Waals surface area (Å²) in [7, 11) is 0. The van der Waals surface area contributed by atoms with Crippen molar-refractivity contribution in [2.24, 2.45) is 4.99 Å². The van der Waals surface area contributed by atoms with E-state index in [9.17, 15) is 4.79 Å². The van der Waals surface area contributed by atoms with Crippen LogP contribution in [0.15, 0.2) is 70.6 Å². The molecule has 26 heavy (non-hydrogen) atoms. The third-order valence-corrected chi connectivity index (χ3v) is 4.93. The fourth-order valence-electron chi connectivity index (χ4n) is 2.72. The molecular weight excluding hydrogens is 342 g/mol. The highest BCUT2D eigenvalue weighted by molar-refractivity contribution is 7.98. The quantitative estimate of drug-likeness (QED) is 0.514. The van der Waals surface area contributed by atoms with E-state index in [0.717, 1.165) is 27.5 Å². The lowest BCUT2D eigenvalue weighted by atomic mass is 10.2. The molecule has 0 unspecified atom stereocenters. The van der Waals surface area contributed by atoms with Crippen molar-refractivity contribution in [3.63, 3.8) is 0 Å². The van der Waals surface area contributed by atoms with Crippen LogP contribution in [0, 0.1) is 13.8 Å². The number of nitrogens with zero attached hydrogens (tertiary/aromatic N) is 2. The molecule has 0 saturated carbocycles. The number of carbonyl (C=O) groups excluding carboxylic acids is 1. The second kappa shape index (κ2) is 8.06. The molecular formula is C21H21N3OS. The van der Waals surface area contributed by atoms with E-state index in [1.54, 1.807) is 28.6 Å². The van der Waals surface area contributed by atoms with Crippen LogP contribution in [-0.2, 0) is 0 Å². The summed E-state index contributed by atoms with van der Waals surface area (Å²) in [5.74, 6) is -0.136. The van der Waals surface area contributed by atoms with Crippen LogP contribution in [0.3, 0.4) is 0 Å². The van der Waals surface area contributed by atoms with Gasteiger partial charge in [0.1, 0.15) is 0 Å². The van der Waals surface area contributed by atoms with Crippen LogP contribution in [0.5, 0.6) is 0 Å². The van der Waals surface area contributed by atoms with Crippen LogP contribution in [0.4, 0.5) is 5.69 Å². The lowest BCUT2D eigenvalue weighted by molar-refractivity contribution is 0.101. The molecule has 0 aliphatic heterocycles. The number of para-hydroxylation sites is 1. The first-order valence-corrected chi connectivity index (χ1v) is 9.55. The molecule has 132 valence electrons. The summed E-state index contributed by atoms with van der Waals surface area (Å²) >= 11 is 1.67. The first-order chi connectivity index (χ1) is 12.6. The van der Waals surface area contributed by atoms with Gasteiger partial charge in [0.15, 0.2) is 0 Å². The van der Waals surface area contributed by atoms with Gasteiger partial charge in [-0.2, -0.15) is 0 Å². The molecule has 0 fully saturated rings. The Morgan fingerprint density at radius 2 is 1.77 bits per heavy atom. The molecule has 0 aliphatic rings. The van der Waals surface area contributed by atoms with E-state index in [4.69, 9.17) is 0 Å². The highest BCUT2D eigenvalue weighted by atomic mass is 32.2. The van der Waals surface area contributed by atoms with E-state index < -0.39 is 0 Å². The number of amides is 1. The van der Waals surface area contributed by atoms with Gasteiger partial charge in [0, 0.05) is 33.6 Å². The minimum Gasteiger partial charge on any atom is -0.267 e. The van der Waals surface area contributed by atoms with Gasteiger partial charge >= 0.3 is 0 Å². The molecule has 1 heterocycles. The maximum atomic E-state index is 12.4. The van der Waals surface area contributed by atoms with Crippen molar-refractivity contribution in [3.8, 4) is 0 Å². The first-order valence-electron chi connectivity index (χ1n) is 8.32. The van der Waals surface area contributed by atoms with Crippen LogP contribution >= 0.6 is 11.8 Å². The highest BCUT2D eigenvalue weighted by Crippen LogP contribution is 2.27. The summed E-state index contributed by atoms with van der Waals surface area (Å²) in [6, 6.07) is 19.3. The van der Waals surface area contributed by atoms with Gasteiger partial charge in [0.25, 0.3) is 5.91 Å². The van der Waals surface area contributed by atoms with Crippen molar-refractivity contribution in [3.05, 3.63) is 83.2 Å². The van der Waals surface area contributed by atoms with Gasteiger partial charge in [0.2, 0.25) is 0 Å². The van der Waals surface area contributed by atoms with Gasteiger partial charge in [-0.25, -0.2) is 0 Å². The monoisotopic (exact) mass is 363 g/mol. The number of aryl methyl sites for hydroxylation is 1. The molecule has 0 atom stereocenters. The molecule has 0 aliphatic carbocycles. The van der Waals surface area contributed by atoms with Crippen LogP contribution in [-0.4, -0.2) is 23.1 Å². The number of carbonyl (C=O) groups is 1. The van der Waals surface area contributed by atoms with E-state index in [2.05, 4.69) is 16.5 Å². The first kappa shape index (κ1) is 18.0. The van der Waals surface area contributed by atoms with Crippen LogP contribution < -0.4 is 5.43 Å². The minimum absolute atomic E-state index is 0.136. The Bertz CT molecular complexity index is 945. The van der Waals surface area contributed by atoms with E-state index in [1.807, 2.05) is 68.8 Å². The summed E-state index contributed by atoms with van der Waals surface area (Å²) in [4.78, 5) is 18.2. The Kier molecular flexibility index (Phi) is 5.58. The van der Waals surface area contributed by atoms with Crippen molar-refractivity contribution in [2.45, 2.75) is 18.7 Å². The van der Waals surface area contributed by atoms with Crippen LogP contribution in [0.2, 0.25) is 0 Å². The molecule has 1 N–H and O–H groups in total. The fourth-order valence-corrected chi connectivity index (χ4v) is 3.27. The molecule has 5 heteroatoms. The van der Waals surface area contributed by atoms with E-state index in [0.29, 0.717) is 5.56 Å². The third-order valence-electron chi connectivity index (χ3n) is 4.15. The zero-order chi connectivity index (χ0) is 18.5. The second-order valence-electron chi connectivity index (χ2n) is 5.90. The van der Waals surface area contributed by atoms with Crippen molar-refractivity contribution in [2.75, 3.05) is 11.7 Å². The molecule has 2 aromatic carbocycles. The maximum absolute atomic E-state index is 12.4. The van der Waals surface area contributed by atoms with Gasteiger partial charge in [-0.3, -0.25) is 19.9 Å². The van der Waals surface area contributed by atoms with E-state index in [1.165, 1.54) is 0 Å². The average Bonchev–Trinajstić information content (AvgIpc) is 2.94. The number of rotatable bonds is 5. The Labute approximate surface area is 157 Å². The second-order valence-corrected chi connectivity index (χ2v) is 6.75.